The number of hydrogen-bond donors (Lipinski definition) is 1. The second kappa shape index (κ2) is 7.39. The molecule has 0 unspecified atom stereocenters. The van der Waals surface area contributed by atoms with Crippen molar-refractivity contribution in [3.63, 3.8) is 0 Å². The predicted octanol–water partition coefficient (Wildman–Crippen LogP) is 4.12. The highest BCUT2D eigenvalue weighted by molar-refractivity contribution is 5.67. The molecule has 1 N–H and O–H groups in total. The molecule has 1 saturated heterocycles. The van der Waals surface area contributed by atoms with Crippen molar-refractivity contribution in [1.29, 1.82) is 0 Å². The number of alkyl carbamates (subject to hydrolysis) is 1. The van der Waals surface area contributed by atoms with Gasteiger partial charge in [-0.05, 0) is 44.2 Å². The lowest BCUT2D eigenvalue weighted by Gasteiger charge is -2.55. The lowest BCUT2D eigenvalue weighted by Crippen LogP contribution is -2.55. The molecule has 5 nitrogen and oxygen atoms in total. The zero-order chi connectivity index (χ0) is 18.9. The van der Waals surface area contributed by atoms with E-state index in [0.29, 0.717) is 19.1 Å². The SMILES string of the molecule is CC1=C[C@H](C)[C@]2(COC(=O)NC(C)C)CO[C@H](c3cccnc3)[C@@H]1[C@H]2C. The van der Waals surface area contributed by atoms with Gasteiger partial charge < -0.3 is 14.8 Å². The van der Waals surface area contributed by atoms with E-state index in [1.165, 1.54) is 5.57 Å². The summed E-state index contributed by atoms with van der Waals surface area (Å²) in [6, 6.07) is 4.10. The van der Waals surface area contributed by atoms with Gasteiger partial charge in [0, 0.05) is 29.8 Å². The summed E-state index contributed by atoms with van der Waals surface area (Å²) >= 11 is 0. The molecule has 0 radical (unpaired) electrons. The molecule has 1 aromatic rings. The second-order valence-electron chi connectivity index (χ2n) is 8.14. The van der Waals surface area contributed by atoms with E-state index >= 15 is 0 Å². The molecule has 0 saturated carbocycles. The van der Waals surface area contributed by atoms with Gasteiger partial charge in [0.25, 0.3) is 0 Å². The lowest BCUT2D eigenvalue weighted by molar-refractivity contribution is -0.165. The van der Waals surface area contributed by atoms with Crippen LogP contribution < -0.4 is 5.32 Å². The van der Waals surface area contributed by atoms with Gasteiger partial charge in [0.2, 0.25) is 0 Å². The Balaban J connectivity index is 1.84. The first-order valence-corrected chi connectivity index (χ1v) is 9.48. The van der Waals surface area contributed by atoms with Gasteiger partial charge in [0.05, 0.1) is 12.7 Å². The molecular formula is C21H30N2O3. The maximum Gasteiger partial charge on any atom is 0.407 e. The number of fused-ring (bicyclic) bond motifs is 2. The molecule has 2 bridgehead atoms. The highest BCUT2D eigenvalue weighted by atomic mass is 16.6. The summed E-state index contributed by atoms with van der Waals surface area (Å²) < 4.78 is 12.0. The summed E-state index contributed by atoms with van der Waals surface area (Å²) in [7, 11) is 0. The predicted molar refractivity (Wildman–Crippen MR) is 101 cm³/mol. The number of ether oxygens (including phenoxy) is 2. The summed E-state index contributed by atoms with van der Waals surface area (Å²) in [4.78, 5) is 16.3. The Hall–Kier alpha value is -1.88. The van der Waals surface area contributed by atoms with E-state index in [0.717, 1.165) is 5.56 Å². The molecule has 3 rings (SSSR count). The van der Waals surface area contributed by atoms with Crippen LogP contribution in [0.1, 0.15) is 46.3 Å². The van der Waals surface area contributed by atoms with Gasteiger partial charge in [-0.1, -0.05) is 31.6 Å². The number of rotatable bonds is 4. The number of allylic oxidation sites excluding steroid dienone is 1. The van der Waals surface area contributed by atoms with E-state index in [1.807, 2.05) is 26.1 Å². The summed E-state index contributed by atoms with van der Waals surface area (Å²) in [6.07, 6.45) is 5.65. The normalized spacial score (nSPS) is 33.5. The van der Waals surface area contributed by atoms with Crippen LogP contribution in [0.2, 0.25) is 0 Å². The Morgan fingerprint density at radius 3 is 2.88 bits per heavy atom. The first kappa shape index (κ1) is 18.9. The third kappa shape index (κ3) is 3.37. The fraction of sp³-hybridized carbons (Fsp3) is 0.619. The van der Waals surface area contributed by atoms with E-state index in [-0.39, 0.29) is 35.5 Å². The smallest absolute Gasteiger partial charge is 0.407 e. The van der Waals surface area contributed by atoms with E-state index in [9.17, 15) is 4.79 Å². The molecule has 2 aliphatic rings. The summed E-state index contributed by atoms with van der Waals surface area (Å²) in [5, 5.41) is 2.80. The van der Waals surface area contributed by atoms with Crippen LogP contribution in [-0.4, -0.2) is 30.3 Å². The summed E-state index contributed by atoms with van der Waals surface area (Å²) in [5.74, 6) is 0.893. The zero-order valence-electron chi connectivity index (χ0n) is 16.4. The van der Waals surface area contributed by atoms with Crippen LogP contribution in [0.4, 0.5) is 4.79 Å². The van der Waals surface area contributed by atoms with Crippen LogP contribution in [0.15, 0.2) is 36.2 Å². The Morgan fingerprint density at radius 1 is 1.46 bits per heavy atom. The van der Waals surface area contributed by atoms with Crippen LogP contribution in [0.3, 0.4) is 0 Å². The number of nitrogens with one attached hydrogen (secondary N) is 1. The van der Waals surface area contributed by atoms with Crippen molar-refractivity contribution in [3.05, 3.63) is 41.7 Å². The molecule has 2 heterocycles. The summed E-state index contributed by atoms with van der Waals surface area (Å²) in [5.41, 5.74) is 2.26. The maximum absolute atomic E-state index is 12.0. The van der Waals surface area contributed by atoms with Gasteiger partial charge >= 0.3 is 6.09 Å². The highest BCUT2D eigenvalue weighted by Crippen LogP contribution is 2.56. The number of carbonyl (C=O) groups excluding carboxylic acids is 1. The summed E-state index contributed by atoms with van der Waals surface area (Å²) in [6.45, 7) is 11.5. The second-order valence-corrected chi connectivity index (χ2v) is 8.14. The standard InChI is InChI=1S/C21H30N2O3/c1-13(2)23-20(24)26-12-21-11-25-19(17-7-6-8-22-10-17)18(16(21)5)14(3)9-15(21)4/h6-10,13,15-16,18-19H,11-12H2,1-5H3,(H,23,24)/t15-,16+,18-,19+,21+/m0/s1. The average molecular weight is 358 g/mol. The van der Waals surface area contributed by atoms with E-state index in [2.05, 4.69) is 43.2 Å². The lowest BCUT2D eigenvalue weighted by atomic mass is 9.56. The number of amides is 1. The molecule has 0 spiro atoms. The molecule has 26 heavy (non-hydrogen) atoms. The van der Waals surface area contributed by atoms with E-state index in [1.54, 1.807) is 6.20 Å². The number of pyridine rings is 1. The van der Waals surface area contributed by atoms with Crippen molar-refractivity contribution in [2.24, 2.45) is 23.2 Å². The Bertz CT molecular complexity index is 673. The molecule has 1 aliphatic carbocycles. The molecular weight excluding hydrogens is 328 g/mol. The largest absolute Gasteiger partial charge is 0.449 e. The van der Waals surface area contributed by atoms with Crippen LogP contribution in [0, 0.1) is 23.2 Å². The number of hydrogen-bond acceptors (Lipinski definition) is 4. The zero-order valence-corrected chi connectivity index (χ0v) is 16.4. The van der Waals surface area contributed by atoms with E-state index < -0.39 is 0 Å². The quantitative estimate of drug-likeness (QED) is 0.823. The monoisotopic (exact) mass is 358 g/mol. The van der Waals surface area contributed by atoms with Crippen molar-refractivity contribution >= 4 is 6.09 Å². The maximum atomic E-state index is 12.0. The molecule has 5 heteroatoms. The van der Waals surface area contributed by atoms with Gasteiger partial charge in [0.1, 0.15) is 6.61 Å². The average Bonchev–Trinajstić information content (AvgIpc) is 2.59. The topological polar surface area (TPSA) is 60.5 Å². The minimum atomic E-state index is -0.356. The molecule has 5 atom stereocenters. The highest BCUT2D eigenvalue weighted by Gasteiger charge is 2.54. The van der Waals surface area contributed by atoms with Gasteiger partial charge in [-0.15, -0.1) is 0 Å². The molecule has 1 aromatic heterocycles. The van der Waals surface area contributed by atoms with Crippen LogP contribution >= 0.6 is 0 Å². The molecule has 1 aliphatic heterocycles. The van der Waals surface area contributed by atoms with Gasteiger partial charge in [-0.2, -0.15) is 0 Å². The number of carbonyl (C=O) groups is 1. The molecule has 142 valence electrons. The van der Waals surface area contributed by atoms with Crippen LogP contribution in [0.5, 0.6) is 0 Å². The van der Waals surface area contributed by atoms with Crippen molar-refractivity contribution in [2.45, 2.75) is 46.8 Å². The third-order valence-electron chi connectivity index (χ3n) is 6.14. The first-order valence-electron chi connectivity index (χ1n) is 9.48. The first-order chi connectivity index (χ1) is 12.3. The Labute approximate surface area is 156 Å². The van der Waals surface area contributed by atoms with Gasteiger partial charge in [-0.25, -0.2) is 4.79 Å². The van der Waals surface area contributed by atoms with Crippen LogP contribution in [0.25, 0.3) is 0 Å². The fourth-order valence-corrected chi connectivity index (χ4v) is 4.58. The van der Waals surface area contributed by atoms with Crippen molar-refractivity contribution in [2.75, 3.05) is 13.2 Å². The fourth-order valence-electron chi connectivity index (χ4n) is 4.58. The van der Waals surface area contributed by atoms with Crippen molar-refractivity contribution < 1.29 is 14.3 Å². The number of nitrogens with zero attached hydrogens (tertiary/aromatic N) is 1. The van der Waals surface area contributed by atoms with E-state index in [4.69, 9.17) is 9.47 Å². The third-order valence-corrected chi connectivity index (χ3v) is 6.14. The number of aromatic nitrogens is 1. The molecule has 1 amide bonds. The minimum Gasteiger partial charge on any atom is -0.449 e. The van der Waals surface area contributed by atoms with Gasteiger partial charge in [-0.3, -0.25) is 4.98 Å². The Morgan fingerprint density at radius 2 is 2.23 bits per heavy atom. The molecule has 0 aromatic carbocycles. The van der Waals surface area contributed by atoms with Crippen LogP contribution in [-0.2, 0) is 9.47 Å². The molecule has 1 fully saturated rings. The minimum absolute atomic E-state index is 0.0000607. The Kier molecular flexibility index (Phi) is 5.37. The van der Waals surface area contributed by atoms with Gasteiger partial charge in [0.15, 0.2) is 0 Å². The van der Waals surface area contributed by atoms with Crippen molar-refractivity contribution in [3.8, 4) is 0 Å². The van der Waals surface area contributed by atoms with Crippen molar-refractivity contribution in [1.82, 2.24) is 10.3 Å².